The number of aryl methyl sites for hydroxylation is 1. The van der Waals surface area contributed by atoms with Crippen molar-refractivity contribution in [3.63, 3.8) is 0 Å². The number of hydrazine groups is 1. The Morgan fingerprint density at radius 3 is 2.57 bits per heavy atom. The molecule has 0 aliphatic heterocycles. The van der Waals surface area contributed by atoms with Gasteiger partial charge in [-0.3, -0.25) is 15.6 Å². The summed E-state index contributed by atoms with van der Waals surface area (Å²) in [6, 6.07) is 15.0. The number of carbonyl (C=O) groups is 1. The van der Waals surface area contributed by atoms with Gasteiger partial charge in [-0.05, 0) is 64.9 Å². The predicted molar refractivity (Wildman–Crippen MR) is 92.1 cm³/mol. The van der Waals surface area contributed by atoms with Crippen LogP contribution in [0.15, 0.2) is 53.0 Å². The molecule has 0 heterocycles. The standard InChI is InChI=1S/C15H14BrN3OS/c1-10-5-4-6-11(9-10)17-15(21)19-18-14(20)12-7-2-3-8-13(12)16/h2-9H,1H3,(H,18,20)(H2,17,19,21). The van der Waals surface area contributed by atoms with Crippen molar-refractivity contribution in [2.24, 2.45) is 0 Å². The van der Waals surface area contributed by atoms with E-state index in [-0.39, 0.29) is 5.91 Å². The second-order valence-electron chi connectivity index (χ2n) is 4.38. The molecule has 0 fully saturated rings. The van der Waals surface area contributed by atoms with Gasteiger partial charge in [-0.1, -0.05) is 24.3 Å². The smallest absolute Gasteiger partial charge is 0.270 e. The van der Waals surface area contributed by atoms with Gasteiger partial charge in [-0.15, -0.1) is 0 Å². The lowest BCUT2D eigenvalue weighted by Gasteiger charge is -2.12. The van der Waals surface area contributed by atoms with Gasteiger partial charge in [0, 0.05) is 10.2 Å². The van der Waals surface area contributed by atoms with E-state index in [9.17, 15) is 4.79 Å². The molecule has 6 heteroatoms. The molecule has 0 radical (unpaired) electrons. The zero-order valence-corrected chi connectivity index (χ0v) is 13.7. The number of benzene rings is 2. The van der Waals surface area contributed by atoms with Gasteiger partial charge < -0.3 is 5.32 Å². The number of amides is 1. The second kappa shape index (κ2) is 7.19. The van der Waals surface area contributed by atoms with Gasteiger partial charge in [0.2, 0.25) is 0 Å². The topological polar surface area (TPSA) is 53.2 Å². The van der Waals surface area contributed by atoms with Crippen LogP contribution >= 0.6 is 28.1 Å². The molecule has 108 valence electrons. The van der Waals surface area contributed by atoms with E-state index in [1.165, 1.54) is 0 Å². The SMILES string of the molecule is Cc1cccc(NC(=S)NNC(=O)c2ccccc2Br)c1. The van der Waals surface area contributed by atoms with E-state index < -0.39 is 0 Å². The first-order valence-corrected chi connectivity index (χ1v) is 7.45. The molecule has 2 aromatic rings. The highest BCUT2D eigenvalue weighted by Gasteiger charge is 2.08. The molecule has 0 unspecified atom stereocenters. The average Bonchev–Trinajstić information content (AvgIpc) is 2.45. The molecule has 0 saturated carbocycles. The summed E-state index contributed by atoms with van der Waals surface area (Å²) in [5, 5.41) is 3.32. The number of nitrogens with one attached hydrogen (secondary N) is 3. The molecular formula is C15H14BrN3OS. The molecule has 0 aromatic heterocycles. The molecule has 0 aliphatic rings. The Kier molecular flexibility index (Phi) is 5.30. The van der Waals surface area contributed by atoms with Gasteiger partial charge in [0.05, 0.1) is 5.56 Å². The van der Waals surface area contributed by atoms with Crippen LogP contribution in [0.4, 0.5) is 5.69 Å². The summed E-state index contributed by atoms with van der Waals surface area (Å²) in [4.78, 5) is 12.0. The predicted octanol–water partition coefficient (Wildman–Crippen LogP) is 3.39. The number of hydrogen-bond donors (Lipinski definition) is 3. The summed E-state index contributed by atoms with van der Waals surface area (Å²) in [5.41, 5.74) is 7.75. The Balaban J connectivity index is 1.90. The van der Waals surface area contributed by atoms with Crippen LogP contribution in [0.25, 0.3) is 0 Å². The van der Waals surface area contributed by atoms with Crippen LogP contribution in [-0.2, 0) is 0 Å². The normalized spacial score (nSPS) is 9.81. The zero-order valence-electron chi connectivity index (χ0n) is 11.3. The monoisotopic (exact) mass is 363 g/mol. The van der Waals surface area contributed by atoms with Crippen molar-refractivity contribution in [1.29, 1.82) is 0 Å². The molecule has 0 aliphatic carbocycles. The zero-order chi connectivity index (χ0) is 15.2. The minimum Gasteiger partial charge on any atom is -0.331 e. The Bertz CT molecular complexity index is 675. The summed E-state index contributed by atoms with van der Waals surface area (Å²) < 4.78 is 0.724. The van der Waals surface area contributed by atoms with Crippen molar-refractivity contribution in [1.82, 2.24) is 10.9 Å². The molecule has 0 atom stereocenters. The van der Waals surface area contributed by atoms with Crippen molar-refractivity contribution < 1.29 is 4.79 Å². The average molecular weight is 364 g/mol. The van der Waals surface area contributed by atoms with E-state index in [4.69, 9.17) is 12.2 Å². The van der Waals surface area contributed by atoms with Gasteiger partial charge >= 0.3 is 0 Å². The summed E-state index contributed by atoms with van der Waals surface area (Å²) in [5.74, 6) is -0.268. The molecule has 2 rings (SSSR count). The van der Waals surface area contributed by atoms with E-state index in [0.29, 0.717) is 10.7 Å². The van der Waals surface area contributed by atoms with Crippen molar-refractivity contribution in [3.8, 4) is 0 Å². The van der Waals surface area contributed by atoms with Gasteiger partial charge in [-0.25, -0.2) is 0 Å². The minimum atomic E-state index is -0.268. The van der Waals surface area contributed by atoms with Gasteiger partial charge in [0.1, 0.15) is 0 Å². The Morgan fingerprint density at radius 1 is 1.10 bits per heavy atom. The third-order valence-electron chi connectivity index (χ3n) is 2.68. The Labute approximate surface area is 137 Å². The van der Waals surface area contributed by atoms with E-state index >= 15 is 0 Å². The summed E-state index contributed by atoms with van der Waals surface area (Å²) in [6.07, 6.45) is 0. The lowest BCUT2D eigenvalue weighted by Crippen LogP contribution is -2.43. The van der Waals surface area contributed by atoms with Crippen LogP contribution in [-0.4, -0.2) is 11.0 Å². The number of carbonyl (C=O) groups excluding carboxylic acids is 1. The first kappa shape index (κ1) is 15.5. The van der Waals surface area contributed by atoms with E-state index in [1.54, 1.807) is 18.2 Å². The number of thiocarbonyl (C=S) groups is 1. The highest BCUT2D eigenvalue weighted by molar-refractivity contribution is 9.10. The van der Waals surface area contributed by atoms with Crippen LogP contribution in [0, 0.1) is 6.92 Å². The van der Waals surface area contributed by atoms with Gasteiger partial charge in [0.15, 0.2) is 5.11 Å². The first-order chi connectivity index (χ1) is 10.1. The second-order valence-corrected chi connectivity index (χ2v) is 5.65. The third kappa shape index (κ3) is 4.54. The van der Waals surface area contributed by atoms with Gasteiger partial charge in [0.25, 0.3) is 5.91 Å². The lowest BCUT2D eigenvalue weighted by molar-refractivity contribution is 0.0943. The highest BCUT2D eigenvalue weighted by atomic mass is 79.9. The third-order valence-corrected chi connectivity index (χ3v) is 3.58. The van der Waals surface area contributed by atoms with Crippen molar-refractivity contribution in [2.45, 2.75) is 6.92 Å². The highest BCUT2D eigenvalue weighted by Crippen LogP contribution is 2.15. The number of halogens is 1. The molecule has 0 bridgehead atoms. The number of hydrogen-bond acceptors (Lipinski definition) is 2. The quantitative estimate of drug-likeness (QED) is 0.565. The maximum absolute atomic E-state index is 12.0. The first-order valence-electron chi connectivity index (χ1n) is 6.25. The molecule has 0 saturated heterocycles. The Morgan fingerprint density at radius 2 is 1.86 bits per heavy atom. The molecule has 4 nitrogen and oxygen atoms in total. The Hall–Kier alpha value is -1.92. The largest absolute Gasteiger partial charge is 0.331 e. The van der Waals surface area contributed by atoms with Crippen LogP contribution < -0.4 is 16.2 Å². The molecule has 21 heavy (non-hydrogen) atoms. The number of rotatable bonds is 2. The maximum atomic E-state index is 12.0. The molecular weight excluding hydrogens is 350 g/mol. The maximum Gasteiger partial charge on any atom is 0.270 e. The van der Waals surface area contributed by atoms with Gasteiger partial charge in [-0.2, -0.15) is 0 Å². The molecule has 1 amide bonds. The molecule has 2 aromatic carbocycles. The van der Waals surface area contributed by atoms with Crippen molar-refractivity contribution >= 4 is 44.9 Å². The van der Waals surface area contributed by atoms with Crippen LogP contribution in [0.1, 0.15) is 15.9 Å². The van der Waals surface area contributed by atoms with Crippen LogP contribution in [0.5, 0.6) is 0 Å². The minimum absolute atomic E-state index is 0.268. The summed E-state index contributed by atoms with van der Waals surface area (Å²) in [7, 11) is 0. The van der Waals surface area contributed by atoms with E-state index in [1.807, 2.05) is 37.3 Å². The fraction of sp³-hybridized carbons (Fsp3) is 0.0667. The van der Waals surface area contributed by atoms with E-state index in [2.05, 4.69) is 32.1 Å². The molecule has 0 spiro atoms. The number of anilines is 1. The fourth-order valence-corrected chi connectivity index (χ4v) is 2.35. The van der Waals surface area contributed by atoms with Crippen molar-refractivity contribution in [2.75, 3.05) is 5.32 Å². The fourth-order valence-electron chi connectivity index (χ4n) is 1.71. The molecule has 3 N–H and O–H groups in total. The van der Waals surface area contributed by atoms with Crippen LogP contribution in [0.3, 0.4) is 0 Å². The summed E-state index contributed by atoms with van der Waals surface area (Å²) >= 11 is 8.46. The lowest BCUT2D eigenvalue weighted by atomic mass is 10.2. The summed E-state index contributed by atoms with van der Waals surface area (Å²) in [6.45, 7) is 2.00. The van der Waals surface area contributed by atoms with Crippen LogP contribution in [0.2, 0.25) is 0 Å². The van der Waals surface area contributed by atoms with Crippen molar-refractivity contribution in [3.05, 3.63) is 64.1 Å². The van der Waals surface area contributed by atoms with E-state index in [0.717, 1.165) is 15.7 Å².